The Balaban J connectivity index is 1.22. The first-order valence-corrected chi connectivity index (χ1v) is 15.1. The van der Waals surface area contributed by atoms with E-state index in [0.29, 0.717) is 51.7 Å². The summed E-state index contributed by atoms with van der Waals surface area (Å²) in [6.07, 6.45) is 2.70. The van der Waals surface area contributed by atoms with Crippen molar-refractivity contribution in [3.8, 4) is 28.7 Å². The molecule has 1 aliphatic heterocycles. The van der Waals surface area contributed by atoms with Gasteiger partial charge in [-0.2, -0.15) is 0 Å². The van der Waals surface area contributed by atoms with Gasteiger partial charge >= 0.3 is 5.97 Å². The van der Waals surface area contributed by atoms with Crippen molar-refractivity contribution < 1.29 is 33.3 Å². The number of hydrogen-bond acceptors (Lipinski definition) is 11. The number of benzene rings is 2. The number of carbonyl (C=O) groups excluding carboxylic acids is 2. The van der Waals surface area contributed by atoms with Crippen molar-refractivity contribution in [3.05, 3.63) is 94.7 Å². The molecule has 1 saturated heterocycles. The Bertz CT molecular complexity index is 2010. The molecule has 6 rings (SSSR count). The molecule has 14 heteroatoms. The Kier molecular flexibility index (Phi) is 9.36. The lowest BCUT2D eigenvalue weighted by Crippen LogP contribution is -2.28. The zero-order valence-electron chi connectivity index (χ0n) is 26.5. The van der Waals surface area contributed by atoms with Gasteiger partial charge in [-0.1, -0.05) is 18.2 Å². The normalized spacial score (nSPS) is 15.7. The van der Waals surface area contributed by atoms with E-state index in [1.807, 2.05) is 6.07 Å². The molecule has 1 amide bonds. The fourth-order valence-corrected chi connectivity index (χ4v) is 5.62. The average molecular weight is 655 g/mol. The van der Waals surface area contributed by atoms with Gasteiger partial charge in [-0.15, -0.1) is 0 Å². The van der Waals surface area contributed by atoms with Crippen LogP contribution in [0.2, 0.25) is 0 Å². The first-order valence-electron chi connectivity index (χ1n) is 15.1. The van der Waals surface area contributed by atoms with Crippen LogP contribution in [0.25, 0.3) is 16.6 Å². The number of amides is 1. The standard InChI is InChI=1S/C34H34N6O8/c1-20-32(34(43)40(21-7-5-4-6-8-21)39(20)18-23-13-24(19-46-23)48-31(41)16-35)33(42)38-30-10-9-22(17-37-30)47-27-11-12-36-26-15-29(45-3)28(44-2)14-25(26)27/h4-12,14-15,17,23-24H,13,16,18-19,35H2,1-3H3,(H,37,38,42)/t23-,24?/m1/s1. The Morgan fingerprint density at radius 2 is 1.79 bits per heavy atom. The highest BCUT2D eigenvalue weighted by atomic mass is 16.6. The second kappa shape index (κ2) is 13.9. The summed E-state index contributed by atoms with van der Waals surface area (Å²) < 4.78 is 31.3. The van der Waals surface area contributed by atoms with Crippen LogP contribution in [-0.4, -0.2) is 70.8 Å². The number of esters is 1. The maximum Gasteiger partial charge on any atom is 0.320 e. The Labute approximate surface area is 274 Å². The van der Waals surface area contributed by atoms with Gasteiger partial charge in [0.2, 0.25) is 0 Å². The molecule has 4 heterocycles. The van der Waals surface area contributed by atoms with Crippen LogP contribution >= 0.6 is 0 Å². The second-order valence-corrected chi connectivity index (χ2v) is 11.0. The van der Waals surface area contributed by atoms with Gasteiger partial charge in [-0.05, 0) is 43.3 Å². The molecule has 0 saturated carbocycles. The van der Waals surface area contributed by atoms with Gasteiger partial charge in [-0.3, -0.25) is 24.0 Å². The molecule has 0 spiro atoms. The van der Waals surface area contributed by atoms with E-state index in [1.54, 1.807) is 86.6 Å². The number of carbonyl (C=O) groups is 2. The third kappa shape index (κ3) is 6.56. The van der Waals surface area contributed by atoms with Crippen LogP contribution in [0.15, 0.2) is 77.9 Å². The number of nitrogens with two attached hydrogens (primary N) is 1. The van der Waals surface area contributed by atoms with E-state index in [9.17, 15) is 14.4 Å². The van der Waals surface area contributed by atoms with Crippen LogP contribution in [0.1, 0.15) is 22.5 Å². The Morgan fingerprint density at radius 1 is 1.02 bits per heavy atom. The van der Waals surface area contributed by atoms with Crippen molar-refractivity contribution in [3.63, 3.8) is 0 Å². The summed E-state index contributed by atoms with van der Waals surface area (Å²) in [4.78, 5) is 47.8. The monoisotopic (exact) mass is 654 g/mol. The second-order valence-electron chi connectivity index (χ2n) is 11.0. The molecule has 2 atom stereocenters. The van der Waals surface area contributed by atoms with E-state index in [1.165, 1.54) is 10.9 Å². The molecule has 1 fully saturated rings. The van der Waals surface area contributed by atoms with Crippen LogP contribution in [-0.2, 0) is 20.8 Å². The summed E-state index contributed by atoms with van der Waals surface area (Å²) in [7, 11) is 3.10. The van der Waals surface area contributed by atoms with Gasteiger partial charge in [0, 0.05) is 24.1 Å². The maximum absolute atomic E-state index is 13.8. The number of aromatic nitrogens is 4. The minimum absolute atomic E-state index is 0.0438. The lowest BCUT2D eigenvalue weighted by molar-refractivity contribution is -0.147. The molecule has 14 nitrogen and oxygen atoms in total. The van der Waals surface area contributed by atoms with Gasteiger partial charge in [0.15, 0.2) is 11.5 Å². The largest absolute Gasteiger partial charge is 0.493 e. The molecule has 1 unspecified atom stereocenters. The van der Waals surface area contributed by atoms with Crippen LogP contribution in [0.5, 0.6) is 23.0 Å². The fourth-order valence-electron chi connectivity index (χ4n) is 5.62. The summed E-state index contributed by atoms with van der Waals surface area (Å²) in [5.74, 6) is 1.10. The number of methoxy groups -OCH3 is 2. The number of nitrogens with one attached hydrogen (secondary N) is 1. The van der Waals surface area contributed by atoms with Crippen molar-refractivity contribution in [2.45, 2.75) is 32.1 Å². The van der Waals surface area contributed by atoms with E-state index in [4.69, 9.17) is 29.4 Å². The smallest absolute Gasteiger partial charge is 0.320 e. The van der Waals surface area contributed by atoms with Crippen LogP contribution in [0.3, 0.4) is 0 Å². The Hall–Kier alpha value is -5.73. The molecule has 0 aliphatic carbocycles. The number of rotatable bonds is 11. The van der Waals surface area contributed by atoms with Crippen molar-refractivity contribution in [2.24, 2.45) is 5.73 Å². The molecule has 248 valence electrons. The first-order chi connectivity index (χ1) is 23.3. The van der Waals surface area contributed by atoms with Crippen molar-refractivity contribution in [1.82, 2.24) is 19.3 Å². The van der Waals surface area contributed by atoms with Gasteiger partial charge in [-0.25, -0.2) is 9.67 Å². The van der Waals surface area contributed by atoms with Gasteiger partial charge in [0.05, 0.1) is 63.1 Å². The molecule has 2 aromatic carbocycles. The summed E-state index contributed by atoms with van der Waals surface area (Å²) >= 11 is 0. The predicted octanol–water partition coefficient (Wildman–Crippen LogP) is 3.61. The summed E-state index contributed by atoms with van der Waals surface area (Å²) in [5, 5.41) is 3.44. The fraction of sp³-hybridized carbons (Fsp3) is 0.265. The van der Waals surface area contributed by atoms with E-state index in [0.717, 1.165) is 0 Å². The molecular formula is C34H34N6O8. The minimum Gasteiger partial charge on any atom is -0.493 e. The van der Waals surface area contributed by atoms with Crippen LogP contribution in [0, 0.1) is 6.92 Å². The topological polar surface area (TPSA) is 171 Å². The van der Waals surface area contributed by atoms with Gasteiger partial charge < -0.3 is 34.7 Å². The predicted molar refractivity (Wildman–Crippen MR) is 175 cm³/mol. The highest BCUT2D eigenvalue weighted by Gasteiger charge is 2.31. The van der Waals surface area contributed by atoms with E-state index in [2.05, 4.69) is 15.3 Å². The maximum atomic E-state index is 13.8. The average Bonchev–Trinajstić information content (AvgIpc) is 3.65. The number of pyridine rings is 2. The van der Waals surface area contributed by atoms with E-state index in [-0.39, 0.29) is 37.2 Å². The first kappa shape index (κ1) is 32.2. The quantitative estimate of drug-likeness (QED) is 0.199. The van der Waals surface area contributed by atoms with Crippen molar-refractivity contribution in [2.75, 3.05) is 32.7 Å². The highest BCUT2D eigenvalue weighted by molar-refractivity contribution is 6.04. The lowest BCUT2D eigenvalue weighted by atomic mass is 10.2. The van der Waals surface area contributed by atoms with Crippen molar-refractivity contribution in [1.29, 1.82) is 0 Å². The Morgan fingerprint density at radius 3 is 2.50 bits per heavy atom. The number of para-hydroxylation sites is 1. The molecule has 0 radical (unpaired) electrons. The van der Waals surface area contributed by atoms with Crippen molar-refractivity contribution >= 4 is 28.6 Å². The summed E-state index contributed by atoms with van der Waals surface area (Å²) in [6.45, 7) is 1.94. The molecule has 1 aliphatic rings. The molecule has 0 bridgehead atoms. The number of hydrogen-bond donors (Lipinski definition) is 2. The zero-order valence-corrected chi connectivity index (χ0v) is 26.5. The van der Waals surface area contributed by atoms with Crippen LogP contribution in [0.4, 0.5) is 5.82 Å². The van der Waals surface area contributed by atoms with E-state index < -0.39 is 23.5 Å². The summed E-state index contributed by atoms with van der Waals surface area (Å²) in [6, 6.07) is 17.5. The van der Waals surface area contributed by atoms with Gasteiger partial charge in [0.1, 0.15) is 29.0 Å². The molecule has 48 heavy (non-hydrogen) atoms. The third-order valence-electron chi connectivity index (χ3n) is 7.92. The SMILES string of the molecule is COc1cc2nccc(Oc3ccc(NC(=O)c4c(C)n(C[C@H]5CC(OC(=O)CN)CO5)n(-c5ccccc5)c4=O)nc3)c2cc1OC. The number of nitrogens with zero attached hydrogens (tertiary/aromatic N) is 4. The molecule has 3 aromatic heterocycles. The number of ether oxygens (including phenoxy) is 5. The van der Waals surface area contributed by atoms with Crippen LogP contribution < -0.4 is 30.8 Å². The molecular weight excluding hydrogens is 620 g/mol. The lowest BCUT2D eigenvalue weighted by Gasteiger charge is -2.17. The number of fused-ring (bicyclic) bond motifs is 1. The van der Waals surface area contributed by atoms with Gasteiger partial charge in [0.25, 0.3) is 11.5 Å². The molecule has 5 aromatic rings. The zero-order chi connectivity index (χ0) is 33.8. The molecule has 3 N–H and O–H groups in total. The van der Waals surface area contributed by atoms with E-state index >= 15 is 0 Å². The number of anilines is 1. The summed E-state index contributed by atoms with van der Waals surface area (Å²) in [5.41, 5.74) is 6.49. The minimum atomic E-state index is -0.620. The highest BCUT2D eigenvalue weighted by Crippen LogP contribution is 2.36. The third-order valence-corrected chi connectivity index (χ3v) is 7.92.